The van der Waals surface area contributed by atoms with Gasteiger partial charge in [0.25, 0.3) is 11.8 Å². The maximum Gasteiger partial charge on any atom is 0.407 e. The van der Waals surface area contributed by atoms with Crippen molar-refractivity contribution in [1.29, 1.82) is 0 Å². The Hall–Kier alpha value is -5.37. The molecule has 2 aromatic rings. The lowest BCUT2D eigenvalue weighted by Crippen LogP contribution is -2.54. The minimum absolute atomic E-state index is 0.00720. The molecule has 0 saturated carbocycles. The fourth-order valence-electron chi connectivity index (χ4n) is 5.35. The molecular weight excluding hydrogens is 793 g/mol. The number of nitrogens with two attached hydrogens (primary N) is 1. The van der Waals surface area contributed by atoms with Crippen LogP contribution in [0.3, 0.4) is 0 Å². The smallest absolute Gasteiger partial charge is 0.407 e. The van der Waals surface area contributed by atoms with Crippen molar-refractivity contribution in [2.45, 2.75) is 102 Å². The number of hydrogen-bond acceptors (Lipinski definition) is 13. The van der Waals surface area contributed by atoms with E-state index in [9.17, 15) is 38.4 Å². The summed E-state index contributed by atoms with van der Waals surface area (Å²) in [7, 11) is 3.07. The number of ether oxygens (including phenoxy) is 1. The van der Waals surface area contributed by atoms with Gasteiger partial charge in [-0.2, -0.15) is 0 Å². The van der Waals surface area contributed by atoms with E-state index < -0.39 is 53.8 Å². The molecule has 0 aliphatic carbocycles. The number of nitrogens with one attached hydrogen (secondary N) is 5. The monoisotopic (exact) mass is 844 g/mol. The van der Waals surface area contributed by atoms with Crippen molar-refractivity contribution in [3.63, 3.8) is 0 Å². The fraction of sp³-hybridized carbons (Fsp3) is 0.500. The second kappa shape index (κ2) is 25.8. The summed E-state index contributed by atoms with van der Waals surface area (Å²) in [6.45, 7) is 4.11. The predicted molar refractivity (Wildman–Crippen MR) is 216 cm³/mol. The molecular formula is C38H52N8O10S2. The molecule has 0 radical (unpaired) electrons. The summed E-state index contributed by atoms with van der Waals surface area (Å²) >= 11 is 0. The van der Waals surface area contributed by atoms with Crippen LogP contribution in [0.2, 0.25) is 0 Å². The highest BCUT2D eigenvalue weighted by molar-refractivity contribution is 8.76. The van der Waals surface area contributed by atoms with Crippen LogP contribution in [-0.4, -0.2) is 88.6 Å². The zero-order chi connectivity index (χ0) is 42.3. The standard InChI is InChI=1S/C38H52N8O10S2/c1-25(2)34(45-29(47)11-5-3-4-6-13-33(50)56-46-31(48)18-19-32(46)49)36(52)44-28(10-9-21-41-37(39)53)35(51)43-27-16-14-26(15-17-27)24-55-38(54)42-22-23-57-58-30-12-7-8-20-40-30/h7-8,12,14-17,20,25,28,34H,3-6,9-11,13,18-19,21-24H2,1-2H3,(H,42,54)(H,43,51)(H,44,52)(H,45,47)(H3,39,41,53)/t28-,34?/m0/s1. The van der Waals surface area contributed by atoms with Gasteiger partial charge in [-0.25, -0.2) is 19.4 Å². The number of urea groups is 1. The third-order valence-corrected chi connectivity index (χ3v) is 10.7. The van der Waals surface area contributed by atoms with E-state index in [-0.39, 0.29) is 57.1 Å². The lowest BCUT2D eigenvalue weighted by atomic mass is 10.0. The fourth-order valence-corrected chi connectivity index (χ4v) is 7.13. The maximum atomic E-state index is 13.5. The van der Waals surface area contributed by atoms with Crippen LogP contribution >= 0.6 is 21.6 Å². The molecule has 7 N–H and O–H groups in total. The number of unbranched alkanes of at least 4 members (excludes halogenated alkanes) is 3. The molecule has 1 saturated heterocycles. The number of hydrogen-bond donors (Lipinski definition) is 6. The highest BCUT2D eigenvalue weighted by Crippen LogP contribution is 2.28. The van der Waals surface area contributed by atoms with Crippen LogP contribution in [0.25, 0.3) is 0 Å². The topological polar surface area (TPSA) is 257 Å². The molecule has 1 fully saturated rings. The van der Waals surface area contributed by atoms with Crippen molar-refractivity contribution >= 4 is 74.9 Å². The van der Waals surface area contributed by atoms with Gasteiger partial charge in [0, 0.05) is 56.4 Å². The number of alkyl carbamates (subject to hydrolysis) is 1. The van der Waals surface area contributed by atoms with Crippen molar-refractivity contribution in [2.24, 2.45) is 11.7 Å². The van der Waals surface area contributed by atoms with Gasteiger partial charge in [-0.15, -0.1) is 5.06 Å². The molecule has 58 heavy (non-hydrogen) atoms. The lowest BCUT2D eigenvalue weighted by Gasteiger charge is -2.25. The molecule has 8 amide bonds. The first-order chi connectivity index (χ1) is 27.8. The molecule has 1 aromatic carbocycles. The van der Waals surface area contributed by atoms with Gasteiger partial charge in [0.15, 0.2) is 0 Å². The first kappa shape index (κ1) is 47.0. The summed E-state index contributed by atoms with van der Waals surface area (Å²) in [5, 5.41) is 14.8. The molecule has 2 atom stereocenters. The van der Waals surface area contributed by atoms with E-state index in [0.717, 1.165) is 5.03 Å². The average molecular weight is 845 g/mol. The van der Waals surface area contributed by atoms with E-state index in [2.05, 4.69) is 31.6 Å². The number of aromatic nitrogens is 1. The molecule has 0 bridgehead atoms. The van der Waals surface area contributed by atoms with Gasteiger partial charge in [0.05, 0.1) is 0 Å². The van der Waals surface area contributed by atoms with Crippen LogP contribution in [0.1, 0.15) is 83.6 Å². The molecule has 2 heterocycles. The maximum absolute atomic E-state index is 13.5. The van der Waals surface area contributed by atoms with Gasteiger partial charge in [-0.1, -0.05) is 55.7 Å². The molecule has 20 heteroatoms. The number of primary amides is 1. The summed E-state index contributed by atoms with van der Waals surface area (Å²) < 4.78 is 5.29. The Labute approximate surface area is 345 Å². The second-order valence-electron chi connectivity index (χ2n) is 13.5. The van der Waals surface area contributed by atoms with E-state index in [0.29, 0.717) is 60.7 Å². The van der Waals surface area contributed by atoms with E-state index in [1.54, 1.807) is 55.1 Å². The molecule has 1 aliphatic heterocycles. The third kappa shape index (κ3) is 18.3. The number of carbonyl (C=O) groups excluding carboxylic acids is 8. The van der Waals surface area contributed by atoms with Crippen molar-refractivity contribution < 1.29 is 47.9 Å². The van der Waals surface area contributed by atoms with E-state index in [1.165, 1.54) is 10.8 Å². The lowest BCUT2D eigenvalue weighted by molar-refractivity contribution is -0.197. The second-order valence-corrected chi connectivity index (χ2v) is 15.9. The minimum Gasteiger partial charge on any atom is -0.445 e. The summed E-state index contributed by atoms with van der Waals surface area (Å²) in [5.41, 5.74) is 6.27. The zero-order valence-electron chi connectivity index (χ0n) is 32.6. The van der Waals surface area contributed by atoms with Gasteiger partial charge >= 0.3 is 18.1 Å². The number of imide groups is 1. The van der Waals surface area contributed by atoms with Crippen LogP contribution in [0.15, 0.2) is 53.7 Å². The van der Waals surface area contributed by atoms with Gasteiger partial charge in [-0.05, 0) is 72.2 Å². The Morgan fingerprint density at radius 1 is 0.845 bits per heavy atom. The molecule has 1 aliphatic rings. The van der Waals surface area contributed by atoms with Crippen molar-refractivity contribution in [3.05, 3.63) is 54.2 Å². The van der Waals surface area contributed by atoms with Crippen LogP contribution in [-0.2, 0) is 44.9 Å². The summed E-state index contributed by atoms with van der Waals surface area (Å²) in [4.78, 5) is 107. The van der Waals surface area contributed by atoms with Gasteiger partial charge in [0.1, 0.15) is 23.7 Å². The predicted octanol–water partition coefficient (Wildman–Crippen LogP) is 3.71. The number of nitrogens with zero attached hydrogens (tertiary/aromatic N) is 2. The summed E-state index contributed by atoms with van der Waals surface area (Å²) in [6, 6.07) is 9.60. The van der Waals surface area contributed by atoms with Gasteiger partial charge < -0.3 is 41.9 Å². The van der Waals surface area contributed by atoms with Crippen LogP contribution in [0.4, 0.5) is 15.3 Å². The number of rotatable bonds is 25. The first-order valence-corrected chi connectivity index (χ1v) is 21.3. The molecule has 1 unspecified atom stereocenters. The molecule has 316 valence electrons. The summed E-state index contributed by atoms with van der Waals surface area (Å²) in [5.74, 6) is -2.87. The van der Waals surface area contributed by atoms with Crippen molar-refractivity contribution in [1.82, 2.24) is 31.3 Å². The number of pyridine rings is 1. The van der Waals surface area contributed by atoms with Crippen LogP contribution in [0, 0.1) is 5.92 Å². The Morgan fingerprint density at radius 3 is 2.21 bits per heavy atom. The summed E-state index contributed by atoms with van der Waals surface area (Å²) in [6.07, 6.45) is 3.93. The minimum atomic E-state index is -1.03. The number of benzene rings is 1. The number of amides is 8. The molecule has 0 spiro atoms. The van der Waals surface area contributed by atoms with E-state index in [4.69, 9.17) is 15.3 Å². The number of anilines is 1. The van der Waals surface area contributed by atoms with E-state index in [1.807, 2.05) is 18.2 Å². The average Bonchev–Trinajstić information content (AvgIpc) is 3.51. The Morgan fingerprint density at radius 2 is 1.55 bits per heavy atom. The Kier molecular flexibility index (Phi) is 20.9. The molecule has 18 nitrogen and oxygen atoms in total. The highest BCUT2D eigenvalue weighted by atomic mass is 33.1. The van der Waals surface area contributed by atoms with E-state index >= 15 is 0 Å². The number of hydroxylamine groups is 2. The Balaban J connectivity index is 1.42. The van der Waals surface area contributed by atoms with Crippen LogP contribution < -0.4 is 32.3 Å². The quantitative estimate of drug-likeness (QED) is 0.0474. The Bertz CT molecular complexity index is 1690. The van der Waals surface area contributed by atoms with Crippen molar-refractivity contribution in [2.75, 3.05) is 24.2 Å². The SMILES string of the molecule is CC(C)C(NC(=O)CCCCCCC(=O)ON1C(=O)CCC1=O)C(=O)N[C@@H](CCCNC(N)=O)C(=O)Nc1ccc(COC(=O)NCCSSc2ccccn2)cc1. The first-order valence-electron chi connectivity index (χ1n) is 19.0. The zero-order valence-corrected chi connectivity index (χ0v) is 34.3. The highest BCUT2D eigenvalue weighted by Gasteiger charge is 2.33. The molecule has 1 aromatic heterocycles. The third-order valence-electron chi connectivity index (χ3n) is 8.43. The van der Waals surface area contributed by atoms with Gasteiger partial charge in [0.2, 0.25) is 17.7 Å². The van der Waals surface area contributed by atoms with Crippen LogP contribution in [0.5, 0.6) is 0 Å². The largest absolute Gasteiger partial charge is 0.445 e. The van der Waals surface area contributed by atoms with Gasteiger partial charge in [-0.3, -0.25) is 24.0 Å². The number of carbonyl (C=O) groups is 8. The van der Waals surface area contributed by atoms with Crippen molar-refractivity contribution in [3.8, 4) is 0 Å². The molecule has 3 rings (SSSR count). The normalized spacial score (nSPS) is 13.3.